The molecule has 0 saturated carbocycles. The molecule has 1 unspecified atom stereocenters. The van der Waals surface area contributed by atoms with Crippen molar-refractivity contribution in [2.24, 2.45) is 12.0 Å². The number of aryl methyl sites for hydroxylation is 2. The smallest absolute Gasteiger partial charge is 0.191 e. The molecular formula is C23H34IN7. The first-order valence-corrected chi connectivity index (χ1v) is 10.5. The van der Waals surface area contributed by atoms with Gasteiger partial charge in [0.25, 0.3) is 0 Å². The molecule has 1 atom stereocenters. The van der Waals surface area contributed by atoms with E-state index in [0.29, 0.717) is 0 Å². The number of nitrogens with one attached hydrogen (secondary N) is 2. The minimum atomic E-state index is 0. The van der Waals surface area contributed by atoms with E-state index in [1.165, 1.54) is 16.8 Å². The zero-order valence-corrected chi connectivity index (χ0v) is 21.4. The molecule has 7 nitrogen and oxygen atoms in total. The Labute approximate surface area is 202 Å². The van der Waals surface area contributed by atoms with E-state index >= 15 is 0 Å². The molecule has 2 heterocycles. The van der Waals surface area contributed by atoms with Crippen LogP contribution in [-0.2, 0) is 26.4 Å². The van der Waals surface area contributed by atoms with Crippen LogP contribution in [-0.4, -0.2) is 44.9 Å². The molecule has 0 spiro atoms. The molecule has 0 aliphatic rings. The summed E-state index contributed by atoms with van der Waals surface area (Å²) in [6, 6.07) is 10.7. The number of nitrogens with zero attached hydrogens (tertiary/aromatic N) is 5. The molecule has 3 aromatic rings. The molecule has 0 bridgehead atoms. The SMILES string of the molecule is CN=C(NCCc1nccn1Cc1ccccc1)NC(C)Cc1c(C)nn(C)c1C.I. The first-order valence-electron chi connectivity index (χ1n) is 10.5. The van der Waals surface area contributed by atoms with Crippen LogP contribution >= 0.6 is 24.0 Å². The van der Waals surface area contributed by atoms with Crippen LogP contribution in [0.4, 0.5) is 0 Å². The van der Waals surface area contributed by atoms with Crippen molar-refractivity contribution in [3.63, 3.8) is 0 Å². The summed E-state index contributed by atoms with van der Waals surface area (Å²) in [5.41, 5.74) is 4.89. The van der Waals surface area contributed by atoms with Crippen LogP contribution in [0.3, 0.4) is 0 Å². The first kappa shape index (κ1) is 24.9. The van der Waals surface area contributed by atoms with E-state index in [4.69, 9.17) is 0 Å². The fourth-order valence-electron chi connectivity index (χ4n) is 3.68. The Morgan fingerprint density at radius 1 is 1.19 bits per heavy atom. The average molecular weight is 535 g/mol. The maximum Gasteiger partial charge on any atom is 0.191 e. The van der Waals surface area contributed by atoms with Gasteiger partial charge in [0.2, 0.25) is 0 Å². The second kappa shape index (κ2) is 11.9. The molecule has 168 valence electrons. The van der Waals surface area contributed by atoms with Crippen molar-refractivity contribution in [1.29, 1.82) is 0 Å². The summed E-state index contributed by atoms with van der Waals surface area (Å²) in [5.74, 6) is 1.87. The van der Waals surface area contributed by atoms with E-state index in [-0.39, 0.29) is 30.0 Å². The lowest BCUT2D eigenvalue weighted by atomic mass is 10.1. The van der Waals surface area contributed by atoms with Gasteiger partial charge in [-0.1, -0.05) is 30.3 Å². The minimum absolute atomic E-state index is 0. The largest absolute Gasteiger partial charge is 0.356 e. The molecular weight excluding hydrogens is 501 g/mol. The lowest BCUT2D eigenvalue weighted by molar-refractivity contribution is 0.630. The third-order valence-electron chi connectivity index (χ3n) is 5.41. The predicted octanol–water partition coefficient (Wildman–Crippen LogP) is 3.24. The number of rotatable bonds is 8. The highest BCUT2D eigenvalue weighted by Gasteiger charge is 2.14. The van der Waals surface area contributed by atoms with E-state index in [2.05, 4.69) is 75.3 Å². The molecule has 0 saturated heterocycles. The van der Waals surface area contributed by atoms with Crippen LogP contribution in [0.25, 0.3) is 0 Å². The normalized spacial score (nSPS) is 12.4. The summed E-state index contributed by atoms with van der Waals surface area (Å²) in [7, 11) is 3.80. The maximum atomic E-state index is 4.53. The van der Waals surface area contributed by atoms with Gasteiger partial charge in [-0.15, -0.1) is 24.0 Å². The van der Waals surface area contributed by atoms with Crippen LogP contribution in [0.2, 0.25) is 0 Å². The quantitative estimate of drug-likeness (QED) is 0.264. The van der Waals surface area contributed by atoms with E-state index in [1.807, 2.05) is 30.2 Å². The fraction of sp³-hybridized carbons (Fsp3) is 0.435. The second-order valence-corrected chi connectivity index (χ2v) is 7.73. The lowest BCUT2D eigenvalue weighted by Gasteiger charge is -2.18. The highest BCUT2D eigenvalue weighted by molar-refractivity contribution is 14.0. The van der Waals surface area contributed by atoms with Gasteiger partial charge >= 0.3 is 0 Å². The number of imidazole rings is 1. The van der Waals surface area contributed by atoms with Crippen molar-refractivity contribution in [3.8, 4) is 0 Å². The topological polar surface area (TPSA) is 72.1 Å². The van der Waals surface area contributed by atoms with Gasteiger partial charge in [-0.05, 0) is 38.3 Å². The molecule has 2 N–H and O–H groups in total. The number of halogens is 1. The summed E-state index contributed by atoms with van der Waals surface area (Å²) in [5, 5.41) is 11.4. The summed E-state index contributed by atoms with van der Waals surface area (Å²) >= 11 is 0. The van der Waals surface area contributed by atoms with Gasteiger partial charge in [0.15, 0.2) is 5.96 Å². The minimum Gasteiger partial charge on any atom is -0.356 e. The van der Waals surface area contributed by atoms with Gasteiger partial charge in [0.1, 0.15) is 5.82 Å². The van der Waals surface area contributed by atoms with Gasteiger partial charge in [-0.3, -0.25) is 9.67 Å². The Balaban J connectivity index is 0.00000341. The molecule has 0 aliphatic heterocycles. The number of aliphatic imine (C=N–C) groups is 1. The Hall–Kier alpha value is -2.36. The third-order valence-corrected chi connectivity index (χ3v) is 5.41. The highest BCUT2D eigenvalue weighted by Crippen LogP contribution is 2.14. The standard InChI is InChI=1S/C23H33N7.HI/c1-17(15-21-18(2)28-29(5)19(21)3)27-23(24-4)26-12-11-22-25-13-14-30(22)16-20-9-7-6-8-10-20;/h6-10,13-14,17H,11-12,15-16H2,1-5H3,(H2,24,26,27);1H. The number of benzene rings is 1. The number of guanidine groups is 1. The molecule has 1 aromatic carbocycles. The highest BCUT2D eigenvalue weighted by atomic mass is 127. The van der Waals surface area contributed by atoms with Crippen molar-refractivity contribution in [3.05, 3.63) is 71.1 Å². The zero-order valence-electron chi connectivity index (χ0n) is 19.1. The average Bonchev–Trinajstić information content (AvgIpc) is 3.27. The summed E-state index contributed by atoms with van der Waals surface area (Å²) < 4.78 is 4.14. The summed E-state index contributed by atoms with van der Waals surface area (Å²) in [6.45, 7) is 7.96. The van der Waals surface area contributed by atoms with Crippen LogP contribution in [0.5, 0.6) is 0 Å². The van der Waals surface area contributed by atoms with Gasteiger partial charge in [0, 0.05) is 57.7 Å². The predicted molar refractivity (Wildman–Crippen MR) is 137 cm³/mol. The van der Waals surface area contributed by atoms with Crippen molar-refractivity contribution < 1.29 is 0 Å². The van der Waals surface area contributed by atoms with Gasteiger partial charge in [-0.2, -0.15) is 5.10 Å². The van der Waals surface area contributed by atoms with Crippen molar-refractivity contribution in [2.75, 3.05) is 13.6 Å². The lowest BCUT2D eigenvalue weighted by Crippen LogP contribution is -2.43. The zero-order chi connectivity index (χ0) is 21.5. The molecule has 8 heteroatoms. The van der Waals surface area contributed by atoms with E-state index < -0.39 is 0 Å². The second-order valence-electron chi connectivity index (χ2n) is 7.73. The van der Waals surface area contributed by atoms with Gasteiger partial charge in [0.05, 0.1) is 5.69 Å². The molecule has 2 aromatic heterocycles. The van der Waals surface area contributed by atoms with Gasteiger partial charge in [-0.25, -0.2) is 4.98 Å². The maximum absolute atomic E-state index is 4.53. The Kier molecular flexibility index (Phi) is 9.54. The molecule has 3 rings (SSSR count). The Bertz CT molecular complexity index is 975. The fourth-order valence-corrected chi connectivity index (χ4v) is 3.68. The van der Waals surface area contributed by atoms with E-state index in [1.54, 1.807) is 7.05 Å². The number of aromatic nitrogens is 4. The van der Waals surface area contributed by atoms with Gasteiger partial charge < -0.3 is 15.2 Å². The molecule has 31 heavy (non-hydrogen) atoms. The van der Waals surface area contributed by atoms with E-state index in [9.17, 15) is 0 Å². The Morgan fingerprint density at radius 3 is 2.58 bits per heavy atom. The number of hydrogen-bond donors (Lipinski definition) is 2. The molecule has 0 aliphatic carbocycles. The Morgan fingerprint density at radius 2 is 1.94 bits per heavy atom. The monoisotopic (exact) mass is 535 g/mol. The molecule has 0 amide bonds. The summed E-state index contributed by atoms with van der Waals surface area (Å²) in [6.07, 6.45) is 5.64. The first-order chi connectivity index (χ1) is 14.5. The van der Waals surface area contributed by atoms with Crippen molar-refractivity contribution in [1.82, 2.24) is 30.0 Å². The van der Waals surface area contributed by atoms with E-state index in [0.717, 1.165) is 43.4 Å². The summed E-state index contributed by atoms with van der Waals surface area (Å²) in [4.78, 5) is 8.90. The van der Waals surface area contributed by atoms with Crippen LogP contribution in [0.15, 0.2) is 47.7 Å². The molecule has 0 fully saturated rings. The molecule has 0 radical (unpaired) electrons. The van der Waals surface area contributed by atoms with Crippen molar-refractivity contribution >= 4 is 29.9 Å². The van der Waals surface area contributed by atoms with Crippen LogP contribution < -0.4 is 10.6 Å². The van der Waals surface area contributed by atoms with Crippen LogP contribution in [0.1, 0.15) is 35.3 Å². The van der Waals surface area contributed by atoms with Crippen molar-refractivity contribution in [2.45, 2.75) is 46.2 Å². The number of hydrogen-bond acceptors (Lipinski definition) is 3. The third kappa shape index (κ3) is 6.81. The van der Waals surface area contributed by atoms with Crippen LogP contribution in [0, 0.1) is 13.8 Å².